The van der Waals surface area contributed by atoms with Gasteiger partial charge < -0.3 is 16.2 Å². The molecule has 0 radical (unpaired) electrons. The van der Waals surface area contributed by atoms with Crippen molar-refractivity contribution in [2.75, 3.05) is 17.6 Å². The highest BCUT2D eigenvalue weighted by Crippen LogP contribution is 2.30. The molecule has 1 heterocycles. The Kier molecular flexibility index (Phi) is 2.80. The fourth-order valence-electron chi connectivity index (χ4n) is 2.34. The van der Waals surface area contributed by atoms with Gasteiger partial charge >= 0.3 is 0 Å². The van der Waals surface area contributed by atoms with E-state index in [1.807, 2.05) is 14.0 Å². The summed E-state index contributed by atoms with van der Waals surface area (Å²) in [5.41, 5.74) is 6.83. The van der Waals surface area contributed by atoms with Crippen LogP contribution in [0.4, 0.5) is 11.5 Å². The van der Waals surface area contributed by atoms with Crippen molar-refractivity contribution in [3.8, 4) is 0 Å². The highest BCUT2D eigenvalue weighted by atomic mass is 16.3. The monoisotopic (exact) mass is 224 g/mol. The summed E-state index contributed by atoms with van der Waals surface area (Å²) in [7, 11) is 1.85. The molecule has 1 aliphatic carbocycles. The van der Waals surface area contributed by atoms with Crippen LogP contribution >= 0.6 is 0 Å². The Balaban J connectivity index is 2.04. The Labute approximate surface area is 95.6 Å². The third-order valence-electron chi connectivity index (χ3n) is 3.39. The van der Waals surface area contributed by atoms with Crippen molar-refractivity contribution in [3.63, 3.8) is 0 Å². The third-order valence-corrected chi connectivity index (χ3v) is 3.39. The van der Waals surface area contributed by atoms with E-state index in [0.717, 1.165) is 37.2 Å². The van der Waals surface area contributed by atoms with E-state index in [-0.39, 0.29) is 0 Å². The van der Waals surface area contributed by atoms with E-state index in [2.05, 4.69) is 10.4 Å². The van der Waals surface area contributed by atoms with Crippen molar-refractivity contribution in [2.24, 2.45) is 7.05 Å². The van der Waals surface area contributed by atoms with Gasteiger partial charge in [-0.3, -0.25) is 4.68 Å². The molecule has 0 amide bonds. The Bertz CT molecular complexity index is 380. The lowest BCUT2D eigenvalue weighted by atomic mass is 10.0. The van der Waals surface area contributed by atoms with Crippen LogP contribution in [0.2, 0.25) is 0 Å². The average Bonchev–Trinajstić information content (AvgIpc) is 2.73. The van der Waals surface area contributed by atoms with Crippen LogP contribution in [-0.4, -0.2) is 27.0 Å². The van der Waals surface area contributed by atoms with Crippen LogP contribution in [0.5, 0.6) is 0 Å². The highest BCUT2D eigenvalue weighted by Gasteiger charge is 2.31. The molecule has 0 aromatic carbocycles. The topological polar surface area (TPSA) is 76.1 Å². The van der Waals surface area contributed by atoms with Gasteiger partial charge in [-0.1, -0.05) is 12.8 Å². The number of nitrogens with one attached hydrogen (secondary N) is 1. The van der Waals surface area contributed by atoms with Crippen LogP contribution in [0.3, 0.4) is 0 Å². The fourth-order valence-corrected chi connectivity index (χ4v) is 2.34. The number of aryl methyl sites for hydroxylation is 2. The van der Waals surface area contributed by atoms with Crippen LogP contribution < -0.4 is 11.1 Å². The lowest BCUT2D eigenvalue weighted by Gasteiger charge is -2.23. The number of anilines is 2. The molecule has 1 saturated carbocycles. The van der Waals surface area contributed by atoms with Crippen LogP contribution in [0, 0.1) is 6.92 Å². The van der Waals surface area contributed by atoms with Gasteiger partial charge in [0.2, 0.25) is 0 Å². The minimum absolute atomic E-state index is 0.552. The fraction of sp³-hybridized carbons (Fsp3) is 0.727. The number of hydrogen-bond acceptors (Lipinski definition) is 4. The SMILES string of the molecule is Cc1nn(C)c(NCC2(O)CCCC2)c1N. The normalized spacial score (nSPS) is 18.9. The molecule has 0 spiro atoms. The van der Waals surface area contributed by atoms with E-state index in [1.54, 1.807) is 4.68 Å². The molecule has 16 heavy (non-hydrogen) atoms. The van der Waals surface area contributed by atoms with Crippen molar-refractivity contribution in [3.05, 3.63) is 5.69 Å². The molecule has 4 N–H and O–H groups in total. The van der Waals surface area contributed by atoms with E-state index in [9.17, 15) is 5.11 Å². The molecular formula is C11H20N4O. The smallest absolute Gasteiger partial charge is 0.147 e. The molecule has 90 valence electrons. The minimum atomic E-state index is -0.565. The molecule has 0 bridgehead atoms. The molecule has 0 atom stereocenters. The number of nitrogens with two attached hydrogens (primary N) is 1. The summed E-state index contributed by atoms with van der Waals surface area (Å²) < 4.78 is 1.73. The Morgan fingerprint density at radius 3 is 2.62 bits per heavy atom. The Hall–Kier alpha value is -1.23. The van der Waals surface area contributed by atoms with E-state index < -0.39 is 5.60 Å². The first-order chi connectivity index (χ1) is 7.52. The van der Waals surface area contributed by atoms with Gasteiger partial charge in [-0.2, -0.15) is 5.10 Å². The molecule has 2 rings (SSSR count). The van der Waals surface area contributed by atoms with Gasteiger partial charge in [0.15, 0.2) is 0 Å². The van der Waals surface area contributed by atoms with E-state index in [1.165, 1.54) is 0 Å². The van der Waals surface area contributed by atoms with Gasteiger partial charge in [0.1, 0.15) is 5.82 Å². The summed E-state index contributed by atoms with van der Waals surface area (Å²) in [6.45, 7) is 2.43. The lowest BCUT2D eigenvalue weighted by Crippen LogP contribution is -2.34. The Morgan fingerprint density at radius 1 is 1.50 bits per heavy atom. The van der Waals surface area contributed by atoms with Crippen LogP contribution in [-0.2, 0) is 7.05 Å². The van der Waals surface area contributed by atoms with Crippen LogP contribution in [0.25, 0.3) is 0 Å². The van der Waals surface area contributed by atoms with Gasteiger partial charge in [0.25, 0.3) is 0 Å². The highest BCUT2D eigenvalue weighted by molar-refractivity contribution is 5.64. The average molecular weight is 224 g/mol. The molecule has 5 nitrogen and oxygen atoms in total. The van der Waals surface area contributed by atoms with Gasteiger partial charge in [-0.15, -0.1) is 0 Å². The van der Waals surface area contributed by atoms with Gasteiger partial charge in [0, 0.05) is 13.6 Å². The third kappa shape index (κ3) is 2.00. The molecule has 1 aliphatic rings. The van der Waals surface area contributed by atoms with Crippen LogP contribution in [0.15, 0.2) is 0 Å². The quantitative estimate of drug-likeness (QED) is 0.716. The first-order valence-corrected chi connectivity index (χ1v) is 5.77. The molecule has 5 heteroatoms. The van der Waals surface area contributed by atoms with E-state index >= 15 is 0 Å². The second-order valence-corrected chi connectivity index (χ2v) is 4.76. The van der Waals surface area contributed by atoms with Crippen molar-refractivity contribution in [2.45, 2.75) is 38.2 Å². The Morgan fingerprint density at radius 2 is 2.12 bits per heavy atom. The van der Waals surface area contributed by atoms with E-state index in [0.29, 0.717) is 12.2 Å². The molecule has 0 unspecified atom stereocenters. The van der Waals surface area contributed by atoms with Gasteiger partial charge in [-0.25, -0.2) is 0 Å². The largest absolute Gasteiger partial charge is 0.394 e. The first-order valence-electron chi connectivity index (χ1n) is 5.77. The van der Waals surface area contributed by atoms with Crippen LogP contribution in [0.1, 0.15) is 31.4 Å². The zero-order chi connectivity index (χ0) is 11.8. The van der Waals surface area contributed by atoms with Crippen molar-refractivity contribution < 1.29 is 5.11 Å². The zero-order valence-electron chi connectivity index (χ0n) is 9.95. The molecular weight excluding hydrogens is 204 g/mol. The molecule has 0 saturated heterocycles. The maximum absolute atomic E-state index is 10.2. The summed E-state index contributed by atoms with van der Waals surface area (Å²) in [5, 5.41) is 17.6. The predicted molar refractivity (Wildman–Crippen MR) is 64.3 cm³/mol. The summed E-state index contributed by atoms with van der Waals surface area (Å²) in [5.74, 6) is 0.804. The second kappa shape index (κ2) is 3.97. The summed E-state index contributed by atoms with van der Waals surface area (Å²) in [6.07, 6.45) is 3.96. The molecule has 1 aromatic rings. The molecule has 0 aliphatic heterocycles. The van der Waals surface area contributed by atoms with Crippen molar-refractivity contribution >= 4 is 11.5 Å². The maximum Gasteiger partial charge on any atom is 0.147 e. The van der Waals surface area contributed by atoms with Gasteiger partial charge in [0.05, 0.1) is 17.0 Å². The standard InChI is InChI=1S/C11H20N4O/c1-8-9(12)10(15(2)14-8)13-7-11(16)5-3-4-6-11/h13,16H,3-7,12H2,1-2H3. The predicted octanol–water partition coefficient (Wildman–Crippen LogP) is 1.03. The number of aromatic nitrogens is 2. The number of rotatable bonds is 3. The summed E-state index contributed by atoms with van der Waals surface area (Å²) in [4.78, 5) is 0. The summed E-state index contributed by atoms with van der Waals surface area (Å²) in [6, 6.07) is 0. The molecule has 1 aromatic heterocycles. The van der Waals surface area contributed by atoms with Gasteiger partial charge in [-0.05, 0) is 19.8 Å². The zero-order valence-corrected chi connectivity index (χ0v) is 9.95. The molecule has 1 fully saturated rings. The minimum Gasteiger partial charge on any atom is -0.394 e. The lowest BCUT2D eigenvalue weighted by molar-refractivity contribution is 0.0613. The number of hydrogen-bond donors (Lipinski definition) is 3. The maximum atomic E-state index is 10.2. The number of aliphatic hydroxyl groups is 1. The van der Waals surface area contributed by atoms with E-state index in [4.69, 9.17) is 5.73 Å². The first kappa shape index (κ1) is 11.3. The van der Waals surface area contributed by atoms with Crippen molar-refractivity contribution in [1.82, 2.24) is 9.78 Å². The summed E-state index contributed by atoms with van der Waals surface area (Å²) >= 11 is 0. The number of nitrogen functional groups attached to an aromatic ring is 1. The number of nitrogens with zero attached hydrogens (tertiary/aromatic N) is 2. The van der Waals surface area contributed by atoms with Crippen molar-refractivity contribution in [1.29, 1.82) is 0 Å². The second-order valence-electron chi connectivity index (χ2n) is 4.76.